The highest BCUT2D eigenvalue weighted by molar-refractivity contribution is 5.48. The molecule has 1 aromatic heterocycles. The summed E-state index contributed by atoms with van der Waals surface area (Å²) < 4.78 is 0. The van der Waals surface area contributed by atoms with Gasteiger partial charge in [-0.15, -0.1) is 5.11 Å². The van der Waals surface area contributed by atoms with Gasteiger partial charge in [-0.1, -0.05) is 12.1 Å². The fourth-order valence-electron chi connectivity index (χ4n) is 2.52. The molecule has 2 aromatic rings. The molecule has 0 atom stereocenters. The van der Waals surface area contributed by atoms with Gasteiger partial charge in [0.2, 0.25) is 0 Å². The van der Waals surface area contributed by atoms with E-state index in [1.165, 1.54) is 36.9 Å². The third-order valence-corrected chi connectivity index (χ3v) is 3.78. The van der Waals surface area contributed by atoms with E-state index >= 15 is 0 Å². The zero-order valence-electron chi connectivity index (χ0n) is 12.6. The lowest BCUT2D eigenvalue weighted by Crippen LogP contribution is -2.17. The maximum atomic E-state index is 10.5. The second-order valence-corrected chi connectivity index (χ2v) is 5.39. The molecule has 0 amide bonds. The van der Waals surface area contributed by atoms with Gasteiger partial charge in [0.1, 0.15) is 6.20 Å². The lowest BCUT2D eigenvalue weighted by atomic mass is 10.2. The van der Waals surface area contributed by atoms with Gasteiger partial charge in [0.05, 0.1) is 11.5 Å². The van der Waals surface area contributed by atoms with Crippen molar-refractivity contribution in [3.8, 4) is 0 Å². The van der Waals surface area contributed by atoms with Crippen molar-refractivity contribution < 1.29 is 4.92 Å². The van der Waals surface area contributed by atoms with Crippen LogP contribution in [-0.2, 0) is 6.54 Å². The molecule has 118 valence electrons. The van der Waals surface area contributed by atoms with E-state index in [1.807, 2.05) is 0 Å². The number of anilines is 1. The van der Waals surface area contributed by atoms with Crippen LogP contribution in [0.5, 0.6) is 0 Å². The Balaban J connectivity index is 1.57. The summed E-state index contributed by atoms with van der Waals surface area (Å²) in [6, 6.07) is 11.2. The van der Waals surface area contributed by atoms with Crippen LogP contribution in [0.25, 0.3) is 0 Å². The van der Waals surface area contributed by atoms with Gasteiger partial charge in [0.15, 0.2) is 5.82 Å². The van der Waals surface area contributed by atoms with Crippen molar-refractivity contribution in [3.63, 3.8) is 0 Å². The van der Waals surface area contributed by atoms with E-state index in [1.54, 1.807) is 0 Å². The quantitative estimate of drug-likeness (QED) is 0.476. The third kappa shape index (κ3) is 3.88. The molecule has 1 aromatic carbocycles. The van der Waals surface area contributed by atoms with Gasteiger partial charge >= 0.3 is 0 Å². The standard InChI is InChI=1S/C16H17N5O2/c22-21(23)15-7-8-16(17-12-15)19-18-11-13-3-5-14(6-4-13)20-9-1-2-10-20/h3-8,12H,1-2,9-11H2. The fraction of sp³-hybridized carbons (Fsp3) is 0.312. The first kappa shape index (κ1) is 15.1. The average Bonchev–Trinajstić information content (AvgIpc) is 3.10. The maximum absolute atomic E-state index is 10.5. The number of benzene rings is 1. The predicted octanol–water partition coefficient (Wildman–Crippen LogP) is 3.87. The van der Waals surface area contributed by atoms with Crippen molar-refractivity contribution >= 4 is 17.2 Å². The van der Waals surface area contributed by atoms with E-state index in [2.05, 4.69) is 44.4 Å². The lowest BCUT2D eigenvalue weighted by Gasteiger charge is -2.17. The summed E-state index contributed by atoms with van der Waals surface area (Å²) in [5, 5.41) is 18.6. The monoisotopic (exact) mass is 311 g/mol. The smallest absolute Gasteiger partial charge is 0.287 e. The number of hydrogen-bond acceptors (Lipinski definition) is 6. The van der Waals surface area contributed by atoms with Gasteiger partial charge in [-0.3, -0.25) is 10.1 Å². The molecule has 0 N–H and O–H groups in total. The van der Waals surface area contributed by atoms with Crippen LogP contribution in [0.15, 0.2) is 52.8 Å². The number of azo groups is 1. The molecule has 7 heteroatoms. The topological polar surface area (TPSA) is 84.0 Å². The highest BCUT2D eigenvalue weighted by Gasteiger charge is 2.11. The molecule has 7 nitrogen and oxygen atoms in total. The Kier molecular flexibility index (Phi) is 4.56. The minimum atomic E-state index is -0.490. The average molecular weight is 311 g/mol. The second-order valence-electron chi connectivity index (χ2n) is 5.39. The maximum Gasteiger partial charge on any atom is 0.287 e. The molecule has 0 unspecified atom stereocenters. The van der Waals surface area contributed by atoms with E-state index in [4.69, 9.17) is 0 Å². The molecule has 2 heterocycles. The predicted molar refractivity (Wildman–Crippen MR) is 87.0 cm³/mol. The number of aromatic nitrogens is 1. The van der Waals surface area contributed by atoms with E-state index in [0.717, 1.165) is 18.7 Å². The molecule has 23 heavy (non-hydrogen) atoms. The molecule has 0 saturated carbocycles. The van der Waals surface area contributed by atoms with Gasteiger partial charge in [-0.05, 0) is 36.6 Å². The van der Waals surface area contributed by atoms with Crippen LogP contribution in [0.2, 0.25) is 0 Å². The van der Waals surface area contributed by atoms with Crippen LogP contribution in [0, 0.1) is 10.1 Å². The van der Waals surface area contributed by atoms with Crippen LogP contribution in [0.3, 0.4) is 0 Å². The lowest BCUT2D eigenvalue weighted by molar-refractivity contribution is -0.385. The molecule has 1 fully saturated rings. The largest absolute Gasteiger partial charge is 0.372 e. The van der Waals surface area contributed by atoms with E-state index in [-0.39, 0.29) is 5.69 Å². The van der Waals surface area contributed by atoms with Crippen LogP contribution >= 0.6 is 0 Å². The molecular formula is C16H17N5O2. The summed E-state index contributed by atoms with van der Waals surface area (Å²) in [5.74, 6) is 0.365. The van der Waals surface area contributed by atoms with Crippen molar-refractivity contribution in [1.29, 1.82) is 0 Å². The second kappa shape index (κ2) is 6.95. The minimum Gasteiger partial charge on any atom is -0.372 e. The zero-order valence-corrected chi connectivity index (χ0v) is 12.6. The van der Waals surface area contributed by atoms with Crippen molar-refractivity contribution in [3.05, 3.63) is 58.3 Å². The first-order valence-corrected chi connectivity index (χ1v) is 7.54. The Morgan fingerprint density at radius 1 is 1.13 bits per heavy atom. The van der Waals surface area contributed by atoms with Crippen molar-refractivity contribution in [2.45, 2.75) is 19.4 Å². The Morgan fingerprint density at radius 2 is 1.87 bits per heavy atom. The Morgan fingerprint density at radius 3 is 2.48 bits per heavy atom. The van der Waals surface area contributed by atoms with Gasteiger partial charge < -0.3 is 4.90 Å². The van der Waals surface area contributed by atoms with Gasteiger partial charge in [-0.25, -0.2) is 4.98 Å². The number of rotatable bonds is 5. The highest BCUT2D eigenvalue weighted by Crippen LogP contribution is 2.21. The molecule has 0 spiro atoms. The Hall–Kier alpha value is -2.83. The summed E-state index contributed by atoms with van der Waals surface area (Å²) in [6.07, 6.45) is 3.70. The summed E-state index contributed by atoms with van der Waals surface area (Å²) in [5.41, 5.74) is 2.26. The van der Waals surface area contributed by atoms with E-state index < -0.39 is 4.92 Å². The SMILES string of the molecule is O=[N+]([O-])c1ccc(N=NCc2ccc(N3CCCC3)cc2)nc1. The van der Waals surface area contributed by atoms with Crippen molar-refractivity contribution in [2.75, 3.05) is 18.0 Å². The summed E-state index contributed by atoms with van der Waals surface area (Å²) in [7, 11) is 0. The summed E-state index contributed by atoms with van der Waals surface area (Å²) >= 11 is 0. The number of hydrogen-bond donors (Lipinski definition) is 0. The first-order chi connectivity index (χ1) is 11.2. The highest BCUT2D eigenvalue weighted by atomic mass is 16.6. The molecule has 0 bridgehead atoms. The van der Waals surface area contributed by atoms with Crippen molar-refractivity contribution in [1.82, 2.24) is 4.98 Å². The molecule has 1 aliphatic rings. The molecule has 1 aliphatic heterocycles. The summed E-state index contributed by atoms with van der Waals surface area (Å²) in [6.45, 7) is 2.72. The van der Waals surface area contributed by atoms with Crippen LogP contribution in [0.4, 0.5) is 17.2 Å². The number of nitro groups is 1. The fourth-order valence-corrected chi connectivity index (χ4v) is 2.52. The molecular weight excluding hydrogens is 294 g/mol. The molecule has 0 radical (unpaired) electrons. The van der Waals surface area contributed by atoms with Crippen LogP contribution in [-0.4, -0.2) is 23.0 Å². The first-order valence-electron chi connectivity index (χ1n) is 7.54. The van der Waals surface area contributed by atoms with Gasteiger partial charge in [-0.2, -0.15) is 5.11 Å². The molecule has 3 rings (SSSR count). The third-order valence-electron chi connectivity index (χ3n) is 3.78. The number of pyridine rings is 1. The summed E-state index contributed by atoms with van der Waals surface area (Å²) in [4.78, 5) is 16.3. The molecule has 0 aliphatic carbocycles. The van der Waals surface area contributed by atoms with Crippen molar-refractivity contribution in [2.24, 2.45) is 10.2 Å². The van der Waals surface area contributed by atoms with E-state index in [0.29, 0.717) is 12.4 Å². The minimum absolute atomic E-state index is 0.0542. The Bertz CT molecular complexity index is 691. The van der Waals surface area contributed by atoms with Crippen LogP contribution in [0.1, 0.15) is 18.4 Å². The van der Waals surface area contributed by atoms with E-state index in [9.17, 15) is 10.1 Å². The normalized spacial score (nSPS) is 14.5. The Labute approximate surface area is 133 Å². The zero-order chi connectivity index (χ0) is 16.1. The molecule has 1 saturated heterocycles. The van der Waals surface area contributed by atoms with Gasteiger partial charge in [0, 0.05) is 24.8 Å². The van der Waals surface area contributed by atoms with Gasteiger partial charge in [0.25, 0.3) is 5.69 Å². The van der Waals surface area contributed by atoms with Crippen LogP contribution < -0.4 is 4.90 Å². The number of nitrogens with zero attached hydrogens (tertiary/aromatic N) is 5.